The van der Waals surface area contributed by atoms with Crippen LogP contribution in [0.4, 0.5) is 0 Å². The van der Waals surface area contributed by atoms with Gasteiger partial charge >= 0.3 is 0 Å². The number of nitrogens with one attached hydrogen (secondary N) is 1. The Hall–Kier alpha value is -1.17. The van der Waals surface area contributed by atoms with Crippen LogP contribution in [-0.2, 0) is 6.42 Å². The highest BCUT2D eigenvalue weighted by Gasteiger charge is 2.06. The molecule has 0 unspecified atom stereocenters. The average molecular weight is 340 g/mol. The summed E-state index contributed by atoms with van der Waals surface area (Å²) in [6, 6.07) is 8.10. The molecule has 3 nitrogen and oxygen atoms in total. The molecule has 0 aliphatic heterocycles. The fraction of sp³-hybridized carbons (Fsp3) is 0.231. The third kappa shape index (κ3) is 2.57. The fourth-order valence-corrected chi connectivity index (χ4v) is 1.86. The number of halogens is 1. The Bertz CT molecular complexity index is 587. The van der Waals surface area contributed by atoms with Gasteiger partial charge in [-0.15, -0.1) is 0 Å². The zero-order chi connectivity index (χ0) is 12.4. The highest BCUT2D eigenvalue weighted by atomic mass is 127. The van der Waals surface area contributed by atoms with E-state index in [9.17, 15) is 4.79 Å². The maximum Gasteiger partial charge on any atom is 0.264 e. The number of aromatic nitrogens is 2. The Kier molecular flexibility index (Phi) is 3.61. The van der Waals surface area contributed by atoms with E-state index < -0.39 is 0 Å². The molecule has 4 heteroatoms. The number of nitrogens with zero attached hydrogens (tertiary/aromatic N) is 1. The minimum Gasteiger partial charge on any atom is -0.306 e. The van der Waals surface area contributed by atoms with Gasteiger partial charge in [-0.1, -0.05) is 31.2 Å². The lowest BCUT2D eigenvalue weighted by molar-refractivity contribution is 1.05. The summed E-state index contributed by atoms with van der Waals surface area (Å²) in [4.78, 5) is 18.8. The number of aryl methyl sites for hydroxylation is 2. The van der Waals surface area contributed by atoms with Gasteiger partial charge in [0.1, 0.15) is 5.82 Å². The quantitative estimate of drug-likeness (QED) is 0.855. The molecule has 0 saturated carbocycles. The first-order valence-electron chi connectivity index (χ1n) is 5.47. The van der Waals surface area contributed by atoms with Gasteiger partial charge in [-0.3, -0.25) is 4.79 Å². The van der Waals surface area contributed by atoms with Crippen LogP contribution in [0.2, 0.25) is 0 Å². The average Bonchev–Trinajstić information content (AvgIpc) is 2.35. The molecule has 1 aromatic heterocycles. The second-order valence-electron chi connectivity index (χ2n) is 3.86. The maximum absolute atomic E-state index is 11.7. The van der Waals surface area contributed by atoms with Crippen LogP contribution in [0.15, 0.2) is 29.1 Å². The van der Waals surface area contributed by atoms with Crippen LogP contribution in [-0.4, -0.2) is 9.97 Å². The highest BCUT2D eigenvalue weighted by molar-refractivity contribution is 14.1. The van der Waals surface area contributed by atoms with E-state index in [1.807, 2.05) is 41.6 Å². The summed E-state index contributed by atoms with van der Waals surface area (Å²) in [6.07, 6.45) is 1.01. The van der Waals surface area contributed by atoms with E-state index in [2.05, 4.69) is 29.0 Å². The Labute approximate surface area is 113 Å². The van der Waals surface area contributed by atoms with Crippen LogP contribution in [0.1, 0.15) is 18.2 Å². The third-order valence-corrected chi connectivity index (χ3v) is 3.93. The molecule has 0 spiro atoms. The summed E-state index contributed by atoms with van der Waals surface area (Å²) in [5.41, 5.74) is 2.91. The normalized spacial score (nSPS) is 10.5. The standard InChI is InChI=1S/C13H13IN2O/c1-3-9-4-6-10(7-5-9)12-15-8(2)11(14)13(17)16-12/h4-7H,3H2,1-2H3,(H,15,16,17). The predicted molar refractivity (Wildman–Crippen MR) is 77.1 cm³/mol. The molecule has 0 atom stereocenters. The van der Waals surface area contributed by atoms with Crippen LogP contribution >= 0.6 is 22.6 Å². The monoisotopic (exact) mass is 340 g/mol. The van der Waals surface area contributed by atoms with E-state index in [-0.39, 0.29) is 5.56 Å². The van der Waals surface area contributed by atoms with Gasteiger partial charge in [0.15, 0.2) is 0 Å². The Morgan fingerprint density at radius 2 is 1.94 bits per heavy atom. The SMILES string of the molecule is CCc1ccc(-c2nc(C)c(I)c(=O)[nH]2)cc1. The molecule has 0 fully saturated rings. The molecule has 0 saturated heterocycles. The predicted octanol–water partition coefficient (Wildman–Crippen LogP) is 2.91. The van der Waals surface area contributed by atoms with Gasteiger partial charge < -0.3 is 4.98 Å². The molecular weight excluding hydrogens is 327 g/mol. The molecular formula is C13H13IN2O. The summed E-state index contributed by atoms with van der Waals surface area (Å²) < 4.78 is 0.650. The molecule has 0 aliphatic carbocycles. The molecule has 88 valence electrons. The minimum atomic E-state index is -0.0762. The Morgan fingerprint density at radius 1 is 1.29 bits per heavy atom. The van der Waals surface area contributed by atoms with Crippen LogP contribution in [0.3, 0.4) is 0 Å². The summed E-state index contributed by atoms with van der Waals surface area (Å²) in [6.45, 7) is 3.96. The van der Waals surface area contributed by atoms with E-state index in [4.69, 9.17) is 0 Å². The zero-order valence-corrected chi connectivity index (χ0v) is 11.9. The van der Waals surface area contributed by atoms with Crippen molar-refractivity contribution in [2.45, 2.75) is 20.3 Å². The van der Waals surface area contributed by atoms with Crippen LogP contribution in [0, 0.1) is 10.5 Å². The lowest BCUT2D eigenvalue weighted by Gasteiger charge is -2.04. The molecule has 0 amide bonds. The molecule has 0 aliphatic rings. The van der Waals surface area contributed by atoms with Crippen molar-refractivity contribution < 1.29 is 0 Å². The van der Waals surface area contributed by atoms with E-state index in [0.717, 1.165) is 17.7 Å². The molecule has 0 radical (unpaired) electrons. The lowest BCUT2D eigenvalue weighted by atomic mass is 10.1. The zero-order valence-electron chi connectivity index (χ0n) is 9.75. The van der Waals surface area contributed by atoms with E-state index in [1.165, 1.54) is 5.56 Å². The van der Waals surface area contributed by atoms with Gasteiger partial charge in [0.25, 0.3) is 5.56 Å². The van der Waals surface area contributed by atoms with Crippen LogP contribution in [0.25, 0.3) is 11.4 Å². The fourth-order valence-electron chi connectivity index (χ4n) is 1.61. The van der Waals surface area contributed by atoms with Gasteiger partial charge in [-0.05, 0) is 41.5 Å². The van der Waals surface area contributed by atoms with Crippen molar-refractivity contribution in [3.05, 3.63) is 49.4 Å². The molecule has 1 heterocycles. The molecule has 2 aromatic rings. The first-order valence-corrected chi connectivity index (χ1v) is 6.55. The number of hydrogen-bond acceptors (Lipinski definition) is 2. The van der Waals surface area contributed by atoms with Gasteiger partial charge in [0.2, 0.25) is 0 Å². The van der Waals surface area contributed by atoms with E-state index >= 15 is 0 Å². The smallest absolute Gasteiger partial charge is 0.264 e. The first kappa shape index (κ1) is 12.3. The molecule has 1 N–H and O–H groups in total. The molecule has 0 bridgehead atoms. The topological polar surface area (TPSA) is 45.8 Å². The number of aromatic amines is 1. The van der Waals surface area contributed by atoms with Crippen molar-refractivity contribution in [3.63, 3.8) is 0 Å². The molecule has 17 heavy (non-hydrogen) atoms. The Balaban J connectivity index is 2.49. The van der Waals surface area contributed by atoms with Crippen molar-refractivity contribution in [2.24, 2.45) is 0 Å². The van der Waals surface area contributed by atoms with Crippen LogP contribution in [0.5, 0.6) is 0 Å². The second kappa shape index (κ2) is 5.00. The number of H-pyrrole nitrogens is 1. The number of hydrogen-bond donors (Lipinski definition) is 1. The van der Waals surface area contributed by atoms with Crippen molar-refractivity contribution in [1.29, 1.82) is 0 Å². The third-order valence-electron chi connectivity index (χ3n) is 2.66. The highest BCUT2D eigenvalue weighted by Crippen LogP contribution is 2.16. The summed E-state index contributed by atoms with van der Waals surface area (Å²) in [7, 11) is 0. The molecule has 2 rings (SSSR count). The largest absolute Gasteiger partial charge is 0.306 e. The van der Waals surface area contributed by atoms with Gasteiger partial charge in [-0.2, -0.15) is 0 Å². The van der Waals surface area contributed by atoms with E-state index in [1.54, 1.807) is 0 Å². The summed E-state index contributed by atoms with van der Waals surface area (Å²) in [5.74, 6) is 0.635. The summed E-state index contributed by atoms with van der Waals surface area (Å²) in [5, 5.41) is 0. The van der Waals surface area contributed by atoms with Crippen LogP contribution < -0.4 is 5.56 Å². The van der Waals surface area contributed by atoms with Gasteiger partial charge in [0.05, 0.1) is 9.26 Å². The Morgan fingerprint density at radius 3 is 2.47 bits per heavy atom. The van der Waals surface area contributed by atoms with E-state index in [0.29, 0.717) is 9.39 Å². The van der Waals surface area contributed by atoms with Crippen molar-refractivity contribution in [3.8, 4) is 11.4 Å². The maximum atomic E-state index is 11.7. The van der Waals surface area contributed by atoms with Gasteiger partial charge in [0, 0.05) is 5.56 Å². The first-order chi connectivity index (χ1) is 8.11. The van der Waals surface area contributed by atoms with Gasteiger partial charge in [-0.25, -0.2) is 4.98 Å². The van der Waals surface area contributed by atoms with Crippen molar-refractivity contribution in [2.75, 3.05) is 0 Å². The number of benzene rings is 1. The molecule has 1 aromatic carbocycles. The summed E-state index contributed by atoms with van der Waals surface area (Å²) >= 11 is 2.01. The minimum absolute atomic E-state index is 0.0762. The van der Waals surface area contributed by atoms with Crippen molar-refractivity contribution >= 4 is 22.6 Å². The lowest BCUT2D eigenvalue weighted by Crippen LogP contribution is -2.14. The second-order valence-corrected chi connectivity index (χ2v) is 4.94. The number of rotatable bonds is 2. The van der Waals surface area contributed by atoms with Crippen molar-refractivity contribution in [1.82, 2.24) is 9.97 Å².